The second kappa shape index (κ2) is 11.8. The van der Waals surface area contributed by atoms with E-state index in [9.17, 15) is 27.6 Å². The summed E-state index contributed by atoms with van der Waals surface area (Å²) in [6.07, 6.45) is 0.0923. The van der Waals surface area contributed by atoms with Crippen molar-refractivity contribution < 1.29 is 32.3 Å². The lowest BCUT2D eigenvalue weighted by molar-refractivity contribution is -0.122. The molecule has 0 aromatic heterocycles. The number of carbonyl (C=O) groups excluding carboxylic acids is 4. The lowest BCUT2D eigenvalue weighted by atomic mass is 10.1. The van der Waals surface area contributed by atoms with Gasteiger partial charge in [-0.3, -0.25) is 14.4 Å². The van der Waals surface area contributed by atoms with Crippen LogP contribution in [0.5, 0.6) is 0 Å². The van der Waals surface area contributed by atoms with Gasteiger partial charge in [0.25, 0.3) is 11.8 Å². The van der Waals surface area contributed by atoms with Gasteiger partial charge in [-0.05, 0) is 74.4 Å². The minimum Gasteiger partial charge on any atom is -0.462 e. The number of nitrogens with zero attached hydrogens (tertiary/aromatic N) is 2. The van der Waals surface area contributed by atoms with Crippen molar-refractivity contribution >= 4 is 39.4 Å². The number of ether oxygens (including phenoxy) is 1. The number of hydrogen-bond acceptors (Lipinski definition) is 7. The Hall–Kier alpha value is -4.35. The lowest BCUT2D eigenvalue weighted by Crippen LogP contribution is -2.46. The zero-order valence-corrected chi connectivity index (χ0v) is 22.9. The zero-order valence-electron chi connectivity index (χ0n) is 22.1. The van der Waals surface area contributed by atoms with Crippen molar-refractivity contribution in [1.82, 2.24) is 4.90 Å². The second-order valence-electron chi connectivity index (χ2n) is 9.36. The van der Waals surface area contributed by atoms with Gasteiger partial charge in [-0.1, -0.05) is 29.8 Å². The van der Waals surface area contributed by atoms with E-state index in [1.165, 1.54) is 41.3 Å². The van der Waals surface area contributed by atoms with Crippen LogP contribution in [0.1, 0.15) is 45.2 Å². The summed E-state index contributed by atoms with van der Waals surface area (Å²) >= 11 is 0. The molecule has 10 nitrogen and oxygen atoms in total. The fourth-order valence-corrected chi connectivity index (χ4v) is 5.05. The van der Waals surface area contributed by atoms with Crippen LogP contribution in [0.15, 0.2) is 77.7 Å². The Kier molecular flexibility index (Phi) is 8.46. The Bertz CT molecular complexity index is 1550. The third-order valence-electron chi connectivity index (χ3n) is 6.55. The lowest BCUT2D eigenvalue weighted by Gasteiger charge is -2.28. The summed E-state index contributed by atoms with van der Waals surface area (Å²) in [5, 5.41) is 5.18. The number of anilines is 1. The molecule has 0 spiro atoms. The Morgan fingerprint density at radius 1 is 1.00 bits per heavy atom. The van der Waals surface area contributed by atoms with Gasteiger partial charge in [-0.25, -0.2) is 23.3 Å². The van der Waals surface area contributed by atoms with Crippen LogP contribution in [0.3, 0.4) is 0 Å². The summed E-state index contributed by atoms with van der Waals surface area (Å²) < 4.78 is 28.1. The molecule has 0 radical (unpaired) electrons. The van der Waals surface area contributed by atoms with Crippen molar-refractivity contribution in [3.05, 3.63) is 95.1 Å². The highest BCUT2D eigenvalue weighted by Gasteiger charge is 2.44. The number of esters is 1. The van der Waals surface area contributed by atoms with Gasteiger partial charge in [0.1, 0.15) is 6.04 Å². The van der Waals surface area contributed by atoms with Crippen LogP contribution >= 0.6 is 0 Å². The van der Waals surface area contributed by atoms with E-state index in [4.69, 9.17) is 9.88 Å². The molecule has 0 saturated carbocycles. The van der Waals surface area contributed by atoms with E-state index < -0.39 is 39.8 Å². The van der Waals surface area contributed by atoms with E-state index in [1.807, 2.05) is 13.0 Å². The summed E-state index contributed by atoms with van der Waals surface area (Å²) in [6.45, 7) is 3.85. The summed E-state index contributed by atoms with van der Waals surface area (Å²) in [4.78, 5) is 54.7. The predicted molar refractivity (Wildman–Crippen MR) is 147 cm³/mol. The number of benzene rings is 3. The molecule has 40 heavy (non-hydrogen) atoms. The molecular formula is C29H29N3O7S. The smallest absolute Gasteiger partial charge is 0.338 e. The summed E-state index contributed by atoms with van der Waals surface area (Å²) in [7, 11) is -3.85. The van der Waals surface area contributed by atoms with E-state index in [1.54, 1.807) is 37.3 Å². The first-order chi connectivity index (χ1) is 19.0. The van der Waals surface area contributed by atoms with Crippen LogP contribution in [-0.4, -0.2) is 56.2 Å². The van der Waals surface area contributed by atoms with Crippen molar-refractivity contribution in [2.24, 2.45) is 5.14 Å². The van der Waals surface area contributed by atoms with E-state index in [0.29, 0.717) is 12.0 Å². The van der Waals surface area contributed by atoms with E-state index in [0.717, 1.165) is 16.0 Å². The molecule has 1 atom stereocenters. The van der Waals surface area contributed by atoms with Gasteiger partial charge >= 0.3 is 5.97 Å². The predicted octanol–water partition coefficient (Wildman–Crippen LogP) is 2.84. The minimum atomic E-state index is -3.85. The largest absolute Gasteiger partial charge is 0.462 e. The number of rotatable bonds is 9. The third-order valence-corrected chi connectivity index (χ3v) is 7.48. The van der Waals surface area contributed by atoms with E-state index in [2.05, 4.69) is 0 Å². The molecule has 1 fully saturated rings. The maximum atomic E-state index is 13.7. The first-order valence-electron chi connectivity index (χ1n) is 12.6. The number of amides is 3. The average Bonchev–Trinajstić information content (AvgIpc) is 3.22. The molecule has 1 aliphatic heterocycles. The van der Waals surface area contributed by atoms with Crippen molar-refractivity contribution in [2.75, 3.05) is 18.1 Å². The molecule has 0 aliphatic carbocycles. The topological polar surface area (TPSA) is 144 Å². The number of primary sulfonamides is 1. The van der Waals surface area contributed by atoms with Crippen LogP contribution < -0.4 is 10.0 Å². The molecule has 1 unspecified atom stereocenters. The molecule has 1 saturated heterocycles. The average molecular weight is 564 g/mol. The Labute approximate surface area is 232 Å². The van der Waals surface area contributed by atoms with Crippen molar-refractivity contribution in [1.29, 1.82) is 0 Å². The molecular weight excluding hydrogens is 534 g/mol. The second-order valence-corrected chi connectivity index (χ2v) is 10.9. The summed E-state index contributed by atoms with van der Waals surface area (Å²) in [5.74, 6) is -1.95. The molecule has 3 aromatic carbocycles. The third kappa shape index (κ3) is 6.27. The summed E-state index contributed by atoms with van der Waals surface area (Å²) in [6, 6.07) is 17.8. The maximum Gasteiger partial charge on any atom is 0.338 e. The van der Waals surface area contributed by atoms with Crippen molar-refractivity contribution in [3.8, 4) is 0 Å². The van der Waals surface area contributed by atoms with Crippen LogP contribution in [0, 0.1) is 6.92 Å². The van der Waals surface area contributed by atoms with Crippen LogP contribution in [-0.2, 0) is 30.8 Å². The zero-order chi connectivity index (χ0) is 29.0. The van der Waals surface area contributed by atoms with Crippen molar-refractivity contribution in [3.63, 3.8) is 0 Å². The Morgan fingerprint density at radius 3 is 2.27 bits per heavy atom. The van der Waals surface area contributed by atoms with Gasteiger partial charge in [0.15, 0.2) is 0 Å². The Morgan fingerprint density at radius 2 is 1.68 bits per heavy atom. The number of imide groups is 1. The van der Waals surface area contributed by atoms with Gasteiger partial charge in [-0.2, -0.15) is 0 Å². The molecule has 1 aliphatic rings. The molecule has 4 rings (SSSR count). The van der Waals surface area contributed by atoms with Crippen LogP contribution in [0.4, 0.5) is 5.69 Å². The van der Waals surface area contributed by atoms with E-state index >= 15 is 0 Å². The molecule has 3 amide bonds. The van der Waals surface area contributed by atoms with Gasteiger partial charge in [0.2, 0.25) is 15.9 Å². The maximum absolute atomic E-state index is 13.7. The highest BCUT2D eigenvalue weighted by Crippen LogP contribution is 2.28. The SMILES string of the molecule is CCOC(=O)c1ccc(N2C(=O)CC(N(CCc3ccc(S(N)(=O)=O)cc3)C(=O)c3cccc(C)c3)C2=O)cc1. The van der Waals surface area contributed by atoms with Crippen LogP contribution in [0.2, 0.25) is 0 Å². The number of sulfonamides is 1. The highest BCUT2D eigenvalue weighted by atomic mass is 32.2. The molecule has 208 valence electrons. The highest BCUT2D eigenvalue weighted by molar-refractivity contribution is 7.89. The molecule has 1 heterocycles. The monoisotopic (exact) mass is 563 g/mol. The van der Waals surface area contributed by atoms with Gasteiger partial charge in [0, 0.05) is 12.1 Å². The normalized spacial score (nSPS) is 15.3. The quantitative estimate of drug-likeness (QED) is 0.311. The Balaban J connectivity index is 1.60. The van der Waals surface area contributed by atoms with Crippen LogP contribution in [0.25, 0.3) is 0 Å². The number of hydrogen-bond donors (Lipinski definition) is 1. The van der Waals surface area contributed by atoms with E-state index in [-0.39, 0.29) is 35.7 Å². The fourth-order valence-electron chi connectivity index (χ4n) is 4.53. The number of nitrogens with two attached hydrogens (primary N) is 1. The molecule has 2 N–H and O–H groups in total. The van der Waals surface area contributed by atoms with Gasteiger partial charge in [0.05, 0.1) is 29.2 Å². The summed E-state index contributed by atoms with van der Waals surface area (Å²) in [5.41, 5.74) is 2.53. The molecule has 11 heteroatoms. The molecule has 0 bridgehead atoms. The fraction of sp³-hybridized carbons (Fsp3) is 0.241. The van der Waals surface area contributed by atoms with Crippen molar-refractivity contribution in [2.45, 2.75) is 37.6 Å². The van der Waals surface area contributed by atoms with Gasteiger partial charge in [-0.15, -0.1) is 0 Å². The molecule has 3 aromatic rings. The standard InChI is InChI=1S/C29H29N3O7S/c1-3-39-29(36)21-9-11-23(12-10-21)32-26(33)18-25(28(32)35)31(27(34)22-6-4-5-19(2)17-22)16-15-20-7-13-24(14-8-20)40(30,37)38/h4-14,17,25H,3,15-16,18H2,1-2H3,(H2,30,37,38). The first kappa shape index (κ1) is 28.7. The first-order valence-corrected chi connectivity index (χ1v) is 14.2. The van der Waals surface area contributed by atoms with Gasteiger partial charge < -0.3 is 9.64 Å². The number of aryl methyl sites for hydroxylation is 1. The number of carbonyl (C=O) groups is 4. The minimum absolute atomic E-state index is 0.0369.